The molecule has 0 saturated carbocycles. The van der Waals surface area contributed by atoms with Crippen molar-refractivity contribution in [3.8, 4) is 17.2 Å². The maximum absolute atomic E-state index is 13.4. The van der Waals surface area contributed by atoms with Crippen LogP contribution in [0.15, 0.2) is 60.7 Å². The molecule has 0 amide bonds. The number of benzene rings is 3. The van der Waals surface area contributed by atoms with Crippen LogP contribution in [-0.4, -0.2) is 23.2 Å². The van der Waals surface area contributed by atoms with Gasteiger partial charge in [0.2, 0.25) is 0 Å². The number of ether oxygens (including phenoxy) is 2. The summed E-state index contributed by atoms with van der Waals surface area (Å²) < 4.78 is 26.1. The summed E-state index contributed by atoms with van der Waals surface area (Å²) in [7, 11) is 0. The van der Waals surface area contributed by atoms with Gasteiger partial charge < -0.3 is 29.8 Å². The molecule has 0 fully saturated rings. The van der Waals surface area contributed by atoms with Gasteiger partial charge in [-0.05, 0) is 75.6 Å². The normalized spacial score (nSPS) is 13.2. The zero-order valence-corrected chi connectivity index (χ0v) is 24.8. The molecule has 0 aliphatic heterocycles. The Morgan fingerprint density at radius 2 is 1.79 bits per heavy atom. The number of hydrogen-bond acceptors (Lipinski definition) is 6. The summed E-state index contributed by atoms with van der Waals surface area (Å²) in [6, 6.07) is 17.2. The number of para-hydroxylation sites is 1. The van der Waals surface area contributed by atoms with Gasteiger partial charge in [0.05, 0.1) is 6.10 Å². The number of aliphatic hydroxyl groups excluding tert-OH is 1. The first-order valence-corrected chi connectivity index (χ1v) is 12.6. The zero-order chi connectivity index (χ0) is 26.9. The summed E-state index contributed by atoms with van der Waals surface area (Å²) in [4.78, 5) is 11.2. The van der Waals surface area contributed by atoms with E-state index in [1.54, 1.807) is 19.1 Å². The number of carboxylic acid groups (broad SMARTS) is 1. The van der Waals surface area contributed by atoms with Crippen molar-refractivity contribution >= 4 is 5.97 Å². The summed E-state index contributed by atoms with van der Waals surface area (Å²) in [5, 5.41) is 24.1. The Hall–Kier alpha value is -2.42. The summed E-state index contributed by atoms with van der Waals surface area (Å²) >= 11 is 0. The number of carbonyl (C=O) groups excluding carboxylic acids is 1. The van der Waals surface area contributed by atoms with Crippen LogP contribution < -0.4 is 49.5 Å². The molecule has 1 unspecified atom stereocenters. The van der Waals surface area contributed by atoms with Crippen molar-refractivity contribution < 1.29 is 58.4 Å². The second kappa shape index (κ2) is 15.2. The van der Waals surface area contributed by atoms with Crippen LogP contribution in [0.1, 0.15) is 61.5 Å². The smallest absolute Gasteiger partial charge is 0.550 e. The molecule has 8 heteroatoms. The Labute approximate surface area is 246 Å². The van der Waals surface area contributed by atoms with Gasteiger partial charge in [0.1, 0.15) is 29.2 Å². The van der Waals surface area contributed by atoms with E-state index in [2.05, 4.69) is 5.32 Å². The molecule has 0 aliphatic rings. The van der Waals surface area contributed by atoms with Gasteiger partial charge in [0.25, 0.3) is 0 Å². The van der Waals surface area contributed by atoms with E-state index in [4.69, 9.17) is 9.47 Å². The van der Waals surface area contributed by atoms with Crippen LogP contribution in [0, 0.1) is 19.7 Å². The van der Waals surface area contributed by atoms with Crippen LogP contribution in [-0.2, 0) is 11.3 Å². The van der Waals surface area contributed by atoms with Crippen LogP contribution in [0.25, 0.3) is 0 Å². The summed E-state index contributed by atoms with van der Waals surface area (Å²) in [5.41, 5.74) is 3.74. The molecule has 0 spiro atoms. The van der Waals surface area contributed by atoms with Crippen molar-refractivity contribution in [3.63, 3.8) is 0 Å². The maximum Gasteiger partial charge on any atom is 1.00 e. The van der Waals surface area contributed by atoms with Gasteiger partial charge in [0, 0.05) is 36.1 Å². The van der Waals surface area contributed by atoms with Gasteiger partial charge in [-0.15, -0.1) is 0 Å². The zero-order valence-electron chi connectivity index (χ0n) is 22.8. The van der Waals surface area contributed by atoms with Crippen LogP contribution in [0.5, 0.6) is 17.2 Å². The van der Waals surface area contributed by atoms with Gasteiger partial charge >= 0.3 is 29.6 Å². The fourth-order valence-electron chi connectivity index (χ4n) is 4.38. The molecule has 0 aromatic heterocycles. The van der Waals surface area contributed by atoms with E-state index in [1.165, 1.54) is 12.1 Å². The Bertz CT molecular complexity index is 1190. The number of carbonyl (C=O) groups is 1. The van der Waals surface area contributed by atoms with Crippen molar-refractivity contribution in [2.24, 2.45) is 0 Å². The van der Waals surface area contributed by atoms with Crippen LogP contribution in [0.3, 0.4) is 0 Å². The van der Waals surface area contributed by atoms with Crippen LogP contribution >= 0.6 is 0 Å². The van der Waals surface area contributed by atoms with E-state index in [1.807, 2.05) is 57.2 Å². The van der Waals surface area contributed by atoms with Gasteiger partial charge in [-0.2, -0.15) is 0 Å². The van der Waals surface area contributed by atoms with E-state index < -0.39 is 18.1 Å². The minimum atomic E-state index is -1.17. The largest absolute Gasteiger partial charge is 1.00 e. The number of carboxylic acids is 1. The number of halogens is 1. The third-order valence-corrected chi connectivity index (χ3v) is 6.06. The van der Waals surface area contributed by atoms with E-state index in [0.29, 0.717) is 30.2 Å². The number of aliphatic carboxylic acids is 1. The van der Waals surface area contributed by atoms with Gasteiger partial charge in [-0.1, -0.05) is 36.8 Å². The van der Waals surface area contributed by atoms with Gasteiger partial charge in [0.15, 0.2) is 0 Å². The van der Waals surface area contributed by atoms with Crippen molar-refractivity contribution in [3.05, 3.63) is 88.7 Å². The minimum Gasteiger partial charge on any atom is -0.550 e. The number of aryl methyl sites for hydroxylation is 2. The van der Waals surface area contributed by atoms with Crippen molar-refractivity contribution in [1.29, 1.82) is 0 Å². The second-order valence-electron chi connectivity index (χ2n) is 9.42. The molecule has 0 heterocycles. The summed E-state index contributed by atoms with van der Waals surface area (Å²) in [6.07, 6.45) is -0.203. The third kappa shape index (κ3) is 9.40. The van der Waals surface area contributed by atoms with E-state index in [-0.39, 0.29) is 54.3 Å². The second-order valence-corrected chi connectivity index (χ2v) is 9.42. The van der Waals surface area contributed by atoms with E-state index >= 15 is 0 Å². The Morgan fingerprint density at radius 1 is 1.11 bits per heavy atom. The fourth-order valence-corrected chi connectivity index (χ4v) is 4.38. The molecule has 3 atom stereocenters. The van der Waals surface area contributed by atoms with Crippen molar-refractivity contribution in [2.45, 2.75) is 71.8 Å². The molecule has 38 heavy (non-hydrogen) atoms. The first kappa shape index (κ1) is 31.8. The summed E-state index contributed by atoms with van der Waals surface area (Å²) in [5.74, 6) is 0.386. The van der Waals surface area contributed by atoms with E-state index in [0.717, 1.165) is 22.3 Å². The Morgan fingerprint density at radius 3 is 2.42 bits per heavy atom. The molecule has 3 aromatic rings. The van der Waals surface area contributed by atoms with Crippen molar-refractivity contribution in [1.82, 2.24) is 5.32 Å². The number of hydrogen-bond donors (Lipinski definition) is 2. The minimum absolute atomic E-state index is 0. The predicted molar refractivity (Wildman–Crippen MR) is 139 cm³/mol. The molecule has 198 valence electrons. The Kier molecular flexibility index (Phi) is 12.8. The molecule has 0 bridgehead atoms. The molecule has 0 saturated heterocycles. The first-order chi connectivity index (χ1) is 17.7. The van der Waals surface area contributed by atoms with Crippen molar-refractivity contribution in [2.75, 3.05) is 0 Å². The monoisotopic (exact) mass is 531 g/mol. The fraction of sp³-hybridized carbons (Fsp3) is 0.367. The van der Waals surface area contributed by atoms with Gasteiger partial charge in [-0.25, -0.2) is 4.39 Å². The predicted octanol–water partition coefficient (Wildman–Crippen LogP) is 2.14. The number of nitrogens with one attached hydrogen (secondary N) is 1. The topological polar surface area (TPSA) is 90.9 Å². The molecule has 2 N–H and O–H groups in total. The molecular formula is C30H35FNNaO5. The number of rotatable bonds is 13. The molecule has 3 aromatic carbocycles. The average molecular weight is 532 g/mol. The molecule has 0 aliphatic carbocycles. The molecule has 0 radical (unpaired) electrons. The molecule has 3 rings (SSSR count). The van der Waals surface area contributed by atoms with Crippen LogP contribution in [0.2, 0.25) is 0 Å². The SMILES string of the molecule is CCC(Oc1ccc(F)cc1)c1cc(C)cc(C)c1Oc1ccccc1CN[C@@H](CC(=O)[O-])C[C@H](C)O.[Na+]. The standard InChI is InChI=1S/C30H36FNO5.Na/c1-5-27(36-25-12-10-23(31)11-13-25)26-15-19(2)14-20(3)30(26)37-28-9-7-6-8-22(28)18-32-24(16-21(4)33)17-29(34)35;/h6-15,21,24,27,32-33H,5,16-18H2,1-4H3,(H,34,35);/q;+1/p-1/t21-,24+,27?;/m0./s1. The Balaban J connectivity index is 0.00000507. The quantitative estimate of drug-likeness (QED) is 0.329. The van der Waals surface area contributed by atoms with Crippen LogP contribution in [0.4, 0.5) is 4.39 Å². The first-order valence-electron chi connectivity index (χ1n) is 12.6. The maximum atomic E-state index is 13.4. The third-order valence-electron chi connectivity index (χ3n) is 6.06. The van der Waals surface area contributed by atoms with Gasteiger partial charge in [-0.3, -0.25) is 0 Å². The van der Waals surface area contributed by atoms with E-state index in [9.17, 15) is 19.4 Å². The molecule has 6 nitrogen and oxygen atoms in total. The summed E-state index contributed by atoms with van der Waals surface area (Å²) in [6.45, 7) is 8.00. The number of aliphatic hydroxyl groups is 1. The average Bonchev–Trinajstić information content (AvgIpc) is 2.83. The molecular weight excluding hydrogens is 496 g/mol.